The van der Waals surface area contributed by atoms with E-state index in [-0.39, 0.29) is 11.4 Å². The van der Waals surface area contributed by atoms with Crippen LogP contribution in [0.4, 0.5) is 0 Å². The Morgan fingerprint density at radius 3 is 2.19 bits per heavy atom. The van der Waals surface area contributed by atoms with Crippen LogP contribution in [0, 0.1) is 0 Å². The molecule has 1 atom stereocenters. The molecule has 2 N–H and O–H groups in total. The Bertz CT molecular complexity index is 1550. The Labute approximate surface area is 222 Å². The number of hydrogen-bond acceptors (Lipinski definition) is 7. The molecule has 1 aromatic heterocycles. The molecule has 7 nitrogen and oxygen atoms in total. The van der Waals surface area contributed by atoms with Crippen LogP contribution in [0.15, 0.2) is 95.0 Å². The summed E-state index contributed by atoms with van der Waals surface area (Å²) in [6.07, 6.45) is 0.814. The van der Waals surface area contributed by atoms with Gasteiger partial charge in [-0.25, -0.2) is 13.4 Å². The highest BCUT2D eigenvalue weighted by atomic mass is 32.2. The first kappa shape index (κ1) is 25.2. The van der Waals surface area contributed by atoms with Crippen LogP contribution in [0.3, 0.4) is 0 Å². The van der Waals surface area contributed by atoms with Crippen LogP contribution in [0.25, 0.3) is 15.1 Å². The van der Waals surface area contributed by atoms with E-state index in [9.17, 15) is 18.0 Å². The Balaban J connectivity index is 1.60. The molecule has 1 aliphatic rings. The van der Waals surface area contributed by atoms with Crippen LogP contribution in [-0.2, 0) is 14.6 Å². The van der Waals surface area contributed by atoms with Crippen LogP contribution >= 0.6 is 23.1 Å². The zero-order chi connectivity index (χ0) is 25.8. The average Bonchev–Trinajstić information content (AvgIpc) is 3.48. The second-order valence-electron chi connectivity index (χ2n) is 8.41. The van der Waals surface area contributed by atoms with Gasteiger partial charge in [0.1, 0.15) is 11.1 Å². The number of fused-ring (bicyclic) bond motifs is 1. The Kier molecular flexibility index (Phi) is 7.40. The molecule has 0 radical (unpaired) electrons. The van der Waals surface area contributed by atoms with E-state index in [1.165, 1.54) is 23.1 Å². The fourth-order valence-electron chi connectivity index (χ4n) is 3.99. The third kappa shape index (κ3) is 5.76. The van der Waals surface area contributed by atoms with E-state index < -0.39 is 27.0 Å². The summed E-state index contributed by atoms with van der Waals surface area (Å²) in [6, 6.07) is 25.5. The summed E-state index contributed by atoms with van der Waals surface area (Å²) in [5.74, 6) is -1.11. The molecule has 2 heterocycles. The van der Waals surface area contributed by atoms with E-state index in [2.05, 4.69) is 10.6 Å². The molecule has 2 amide bonds. The van der Waals surface area contributed by atoms with Crippen molar-refractivity contribution in [2.75, 3.05) is 5.75 Å². The van der Waals surface area contributed by atoms with E-state index in [0.29, 0.717) is 33.2 Å². The van der Waals surface area contributed by atoms with Gasteiger partial charge in [0.15, 0.2) is 14.2 Å². The molecule has 37 heavy (non-hydrogen) atoms. The van der Waals surface area contributed by atoms with Crippen molar-refractivity contribution in [2.45, 2.75) is 22.6 Å². The minimum atomic E-state index is -3.45. The Hall–Kier alpha value is -3.47. The number of aromatic nitrogens is 1. The quantitative estimate of drug-likeness (QED) is 0.253. The largest absolute Gasteiger partial charge is 0.334 e. The number of amides is 2. The van der Waals surface area contributed by atoms with Gasteiger partial charge < -0.3 is 10.6 Å². The lowest BCUT2D eigenvalue weighted by atomic mass is 10.1. The fraction of sp³-hybridized carbons (Fsp3) is 0.148. The number of hydrogen-bond donors (Lipinski definition) is 2. The maximum atomic E-state index is 13.7. The summed E-state index contributed by atoms with van der Waals surface area (Å²) in [7, 11) is -3.45. The lowest BCUT2D eigenvalue weighted by Gasteiger charge is -2.18. The molecule has 3 aromatic carbocycles. The first-order valence-corrected chi connectivity index (χ1v) is 15.0. The molecular formula is C27H23N3O4S3. The topological polar surface area (TPSA) is 105 Å². The number of sulfone groups is 1. The third-order valence-electron chi connectivity index (χ3n) is 5.85. The van der Waals surface area contributed by atoms with Crippen LogP contribution < -0.4 is 10.6 Å². The molecule has 5 rings (SSSR count). The van der Waals surface area contributed by atoms with Gasteiger partial charge in [-0.2, -0.15) is 0 Å². The SMILES string of the molecule is O=C(NC1CCCS1(=O)=O)/C(NC(=O)c1ccccc1)=C(/Sc1nc2ccccc2s1)c1ccccc1. The van der Waals surface area contributed by atoms with Crippen molar-refractivity contribution in [1.29, 1.82) is 0 Å². The lowest BCUT2D eigenvalue weighted by Crippen LogP contribution is -2.42. The van der Waals surface area contributed by atoms with Crippen molar-refractivity contribution in [3.8, 4) is 0 Å². The van der Waals surface area contributed by atoms with Gasteiger partial charge in [0, 0.05) is 5.56 Å². The second-order valence-corrected chi connectivity index (χ2v) is 13.0. The molecule has 1 unspecified atom stereocenters. The van der Waals surface area contributed by atoms with Gasteiger partial charge in [-0.1, -0.05) is 72.4 Å². The van der Waals surface area contributed by atoms with Gasteiger partial charge in [-0.3, -0.25) is 9.59 Å². The maximum absolute atomic E-state index is 13.7. The number of nitrogens with zero attached hydrogens (tertiary/aromatic N) is 1. The van der Waals surface area contributed by atoms with E-state index in [1.54, 1.807) is 30.3 Å². The number of carbonyl (C=O) groups is 2. The zero-order valence-corrected chi connectivity index (χ0v) is 22.0. The van der Waals surface area contributed by atoms with Crippen LogP contribution in [-0.4, -0.2) is 36.3 Å². The molecule has 4 aromatic rings. The smallest absolute Gasteiger partial charge is 0.270 e. The summed E-state index contributed by atoms with van der Waals surface area (Å²) < 4.78 is 26.6. The monoisotopic (exact) mass is 549 g/mol. The summed E-state index contributed by atoms with van der Waals surface area (Å²) >= 11 is 2.74. The fourth-order valence-corrected chi connectivity index (χ4v) is 7.86. The molecule has 0 aliphatic carbocycles. The highest BCUT2D eigenvalue weighted by Gasteiger charge is 2.34. The van der Waals surface area contributed by atoms with Crippen molar-refractivity contribution in [2.24, 2.45) is 0 Å². The predicted octanol–water partition coefficient (Wildman–Crippen LogP) is 4.84. The van der Waals surface area contributed by atoms with Gasteiger partial charge in [0.2, 0.25) is 0 Å². The summed E-state index contributed by atoms with van der Waals surface area (Å²) in [6.45, 7) is 0. The van der Waals surface area contributed by atoms with Crippen molar-refractivity contribution in [1.82, 2.24) is 15.6 Å². The van der Waals surface area contributed by atoms with Crippen molar-refractivity contribution >= 4 is 59.9 Å². The number of rotatable bonds is 7. The van der Waals surface area contributed by atoms with Gasteiger partial charge in [0.25, 0.3) is 11.8 Å². The third-order valence-corrected chi connectivity index (χ3v) is 10.2. The summed E-state index contributed by atoms with van der Waals surface area (Å²) in [4.78, 5) is 32.0. The van der Waals surface area contributed by atoms with E-state index in [1.807, 2.05) is 54.6 Å². The number of nitrogens with one attached hydrogen (secondary N) is 2. The lowest BCUT2D eigenvalue weighted by molar-refractivity contribution is -0.118. The predicted molar refractivity (Wildman–Crippen MR) is 148 cm³/mol. The standard InChI is InChI=1S/C27H23N3O4S3/c31-25(19-12-5-2-6-13-19)30-23(26(32)29-22-16-9-17-37(22,33)34)24(18-10-3-1-4-11-18)36-27-28-20-14-7-8-15-21(20)35-27/h1-8,10-15,22H,9,16-17H2,(H,29,32)(H,30,31)/b24-23-. The van der Waals surface area contributed by atoms with Crippen molar-refractivity contribution in [3.63, 3.8) is 0 Å². The Morgan fingerprint density at radius 2 is 1.54 bits per heavy atom. The molecule has 188 valence electrons. The van der Waals surface area contributed by atoms with Crippen molar-refractivity contribution in [3.05, 3.63) is 102 Å². The van der Waals surface area contributed by atoms with Gasteiger partial charge in [0.05, 0.1) is 20.9 Å². The zero-order valence-electron chi connectivity index (χ0n) is 19.6. The first-order chi connectivity index (χ1) is 17.9. The van der Waals surface area contributed by atoms with Crippen LogP contribution in [0.5, 0.6) is 0 Å². The molecule has 1 aliphatic heterocycles. The van der Waals surface area contributed by atoms with Crippen molar-refractivity contribution < 1.29 is 18.0 Å². The van der Waals surface area contributed by atoms with E-state index >= 15 is 0 Å². The molecule has 1 fully saturated rings. The summed E-state index contributed by atoms with van der Waals surface area (Å²) in [5.41, 5.74) is 1.88. The highest BCUT2D eigenvalue weighted by molar-refractivity contribution is 8.09. The van der Waals surface area contributed by atoms with Gasteiger partial charge >= 0.3 is 0 Å². The molecule has 10 heteroatoms. The number of thioether (sulfide) groups is 1. The van der Waals surface area contributed by atoms with E-state index in [0.717, 1.165) is 10.2 Å². The van der Waals surface area contributed by atoms with E-state index in [4.69, 9.17) is 4.98 Å². The average molecular weight is 550 g/mol. The van der Waals surface area contributed by atoms with Gasteiger partial charge in [-0.05, 0) is 42.7 Å². The minimum absolute atomic E-state index is 0.0218. The molecule has 0 saturated carbocycles. The molecule has 0 spiro atoms. The Morgan fingerprint density at radius 1 is 0.892 bits per heavy atom. The second kappa shape index (κ2) is 10.9. The normalized spacial score (nSPS) is 17.2. The first-order valence-electron chi connectivity index (χ1n) is 11.6. The number of para-hydroxylation sites is 1. The number of thiazole rings is 1. The van der Waals surface area contributed by atoms with Crippen LogP contribution in [0.1, 0.15) is 28.8 Å². The molecule has 1 saturated heterocycles. The number of carbonyl (C=O) groups excluding carboxylic acids is 2. The maximum Gasteiger partial charge on any atom is 0.270 e. The molecule has 0 bridgehead atoms. The highest BCUT2D eigenvalue weighted by Crippen LogP contribution is 2.40. The number of benzene rings is 3. The minimum Gasteiger partial charge on any atom is -0.334 e. The molecular weight excluding hydrogens is 527 g/mol. The van der Waals surface area contributed by atoms with Crippen LogP contribution in [0.2, 0.25) is 0 Å². The van der Waals surface area contributed by atoms with Gasteiger partial charge in [-0.15, -0.1) is 11.3 Å². The summed E-state index contributed by atoms with van der Waals surface area (Å²) in [5, 5.41) is 4.44.